The van der Waals surface area contributed by atoms with Crippen molar-refractivity contribution in [3.63, 3.8) is 0 Å². The molecule has 0 amide bonds. The molecule has 0 spiro atoms. The van der Waals surface area contributed by atoms with Crippen molar-refractivity contribution in [2.45, 2.75) is 24.4 Å². The van der Waals surface area contributed by atoms with Crippen LogP contribution in [0, 0.1) is 0 Å². The standard InChI is InChI=1S/C22H27N5O2S.HI/c1-23-22(24-13-8-16-30(28,29)21-11-3-2-4-12-21)25-17-19-9-5-6-10-20(19)18-27-15-7-14-26-27;/h2-7,9-12,14-15H,8,13,16-18H2,1H3,(H2,23,24,25);1H. The van der Waals surface area contributed by atoms with Crippen LogP contribution in [0.1, 0.15) is 17.5 Å². The molecule has 3 rings (SSSR count). The van der Waals surface area contributed by atoms with Gasteiger partial charge in [0.05, 0.1) is 17.2 Å². The molecular formula is C22H28IN5O2S. The van der Waals surface area contributed by atoms with E-state index in [1.165, 1.54) is 5.56 Å². The number of nitrogens with zero attached hydrogens (tertiary/aromatic N) is 3. The topological polar surface area (TPSA) is 88.4 Å². The first kappa shape index (κ1) is 24.9. The fourth-order valence-corrected chi connectivity index (χ4v) is 4.40. The summed E-state index contributed by atoms with van der Waals surface area (Å²) in [7, 11) is -1.56. The fourth-order valence-electron chi connectivity index (χ4n) is 3.07. The molecule has 166 valence electrons. The van der Waals surface area contributed by atoms with Crippen molar-refractivity contribution in [2.24, 2.45) is 4.99 Å². The zero-order valence-electron chi connectivity index (χ0n) is 17.4. The first-order valence-corrected chi connectivity index (χ1v) is 11.5. The maximum absolute atomic E-state index is 12.3. The van der Waals surface area contributed by atoms with Gasteiger partial charge in [0.15, 0.2) is 15.8 Å². The third-order valence-electron chi connectivity index (χ3n) is 4.66. The number of benzene rings is 2. The molecular weight excluding hydrogens is 525 g/mol. The van der Waals surface area contributed by atoms with Crippen LogP contribution in [0.4, 0.5) is 0 Å². The van der Waals surface area contributed by atoms with Crippen molar-refractivity contribution in [3.05, 3.63) is 84.2 Å². The predicted molar refractivity (Wildman–Crippen MR) is 134 cm³/mol. The van der Waals surface area contributed by atoms with E-state index in [-0.39, 0.29) is 29.7 Å². The maximum Gasteiger partial charge on any atom is 0.191 e. The molecule has 3 aromatic rings. The lowest BCUT2D eigenvalue weighted by Crippen LogP contribution is -2.38. The molecule has 0 fully saturated rings. The van der Waals surface area contributed by atoms with Crippen LogP contribution in [0.5, 0.6) is 0 Å². The van der Waals surface area contributed by atoms with Crippen molar-refractivity contribution >= 4 is 39.8 Å². The van der Waals surface area contributed by atoms with Gasteiger partial charge in [-0.1, -0.05) is 42.5 Å². The van der Waals surface area contributed by atoms with Crippen molar-refractivity contribution in [1.82, 2.24) is 20.4 Å². The van der Waals surface area contributed by atoms with Gasteiger partial charge in [0.25, 0.3) is 0 Å². The van der Waals surface area contributed by atoms with Crippen LogP contribution in [0.2, 0.25) is 0 Å². The van der Waals surface area contributed by atoms with E-state index in [0.717, 1.165) is 5.56 Å². The van der Waals surface area contributed by atoms with Crippen molar-refractivity contribution in [2.75, 3.05) is 19.3 Å². The van der Waals surface area contributed by atoms with E-state index in [9.17, 15) is 8.42 Å². The third kappa shape index (κ3) is 7.66. The summed E-state index contributed by atoms with van der Waals surface area (Å²) in [4.78, 5) is 4.59. The average molecular weight is 553 g/mol. The van der Waals surface area contributed by atoms with Crippen LogP contribution in [0.25, 0.3) is 0 Å². The van der Waals surface area contributed by atoms with Gasteiger partial charge in [0.2, 0.25) is 0 Å². The summed E-state index contributed by atoms with van der Waals surface area (Å²) in [6.07, 6.45) is 4.20. The van der Waals surface area contributed by atoms with Crippen LogP contribution in [-0.2, 0) is 22.9 Å². The summed E-state index contributed by atoms with van der Waals surface area (Å²) in [6, 6.07) is 18.6. The largest absolute Gasteiger partial charge is 0.356 e. The van der Waals surface area contributed by atoms with E-state index >= 15 is 0 Å². The summed E-state index contributed by atoms with van der Waals surface area (Å²) in [5.41, 5.74) is 2.33. The minimum absolute atomic E-state index is 0. The van der Waals surface area contributed by atoms with Crippen LogP contribution in [0.15, 0.2) is 82.9 Å². The molecule has 1 heterocycles. The lowest BCUT2D eigenvalue weighted by molar-refractivity contribution is 0.592. The van der Waals surface area contributed by atoms with Crippen LogP contribution >= 0.6 is 24.0 Å². The normalized spacial score (nSPS) is 11.6. The zero-order valence-corrected chi connectivity index (χ0v) is 20.6. The molecule has 0 bridgehead atoms. The number of sulfone groups is 1. The number of hydrogen-bond acceptors (Lipinski definition) is 4. The van der Waals surface area contributed by atoms with E-state index in [1.54, 1.807) is 37.5 Å². The van der Waals surface area contributed by atoms with Crippen LogP contribution in [0.3, 0.4) is 0 Å². The van der Waals surface area contributed by atoms with Crippen LogP contribution in [-0.4, -0.2) is 43.5 Å². The average Bonchev–Trinajstić information content (AvgIpc) is 3.28. The number of aromatic nitrogens is 2. The molecule has 0 aliphatic carbocycles. The van der Waals surface area contributed by atoms with E-state index < -0.39 is 9.84 Å². The molecule has 0 saturated heterocycles. The van der Waals surface area contributed by atoms with Gasteiger partial charge in [0.1, 0.15) is 0 Å². The summed E-state index contributed by atoms with van der Waals surface area (Å²) >= 11 is 0. The number of aliphatic imine (C=N–C) groups is 1. The number of hydrogen-bond donors (Lipinski definition) is 2. The van der Waals surface area contributed by atoms with Gasteiger partial charge in [-0.2, -0.15) is 5.10 Å². The molecule has 0 aliphatic heterocycles. The Morgan fingerprint density at radius 3 is 2.39 bits per heavy atom. The molecule has 0 aliphatic rings. The minimum Gasteiger partial charge on any atom is -0.356 e. The van der Waals surface area contributed by atoms with E-state index in [4.69, 9.17) is 0 Å². The first-order valence-electron chi connectivity index (χ1n) is 9.85. The van der Waals surface area contributed by atoms with Crippen LogP contribution < -0.4 is 10.6 Å². The van der Waals surface area contributed by atoms with Gasteiger partial charge in [-0.15, -0.1) is 24.0 Å². The Kier molecular flexibility index (Phi) is 9.99. The quantitative estimate of drug-likeness (QED) is 0.184. The van der Waals surface area contributed by atoms with Crippen molar-refractivity contribution in [3.8, 4) is 0 Å². The number of halogens is 1. The lowest BCUT2D eigenvalue weighted by atomic mass is 10.1. The molecule has 1 aromatic heterocycles. The highest BCUT2D eigenvalue weighted by Crippen LogP contribution is 2.11. The highest BCUT2D eigenvalue weighted by molar-refractivity contribution is 14.0. The number of nitrogens with one attached hydrogen (secondary N) is 2. The molecule has 0 atom stereocenters. The van der Waals surface area contributed by atoms with Crippen molar-refractivity contribution in [1.29, 1.82) is 0 Å². The Morgan fingerprint density at radius 2 is 1.71 bits per heavy atom. The van der Waals surface area contributed by atoms with Gasteiger partial charge >= 0.3 is 0 Å². The monoisotopic (exact) mass is 553 g/mol. The highest BCUT2D eigenvalue weighted by atomic mass is 127. The summed E-state index contributed by atoms with van der Waals surface area (Å²) in [5.74, 6) is 0.731. The minimum atomic E-state index is -3.26. The zero-order chi connectivity index (χ0) is 21.2. The molecule has 0 unspecified atom stereocenters. The molecule has 0 radical (unpaired) electrons. The SMILES string of the molecule is CN=C(NCCCS(=O)(=O)c1ccccc1)NCc1ccccc1Cn1cccn1.I. The second-order valence-electron chi connectivity index (χ2n) is 6.81. The van der Waals surface area contributed by atoms with Crippen molar-refractivity contribution < 1.29 is 8.42 Å². The van der Waals surface area contributed by atoms with E-state index in [0.29, 0.717) is 36.9 Å². The Balaban J connectivity index is 0.00000341. The predicted octanol–water partition coefficient (Wildman–Crippen LogP) is 3.08. The number of rotatable bonds is 9. The smallest absolute Gasteiger partial charge is 0.191 e. The van der Waals surface area contributed by atoms with Gasteiger partial charge in [-0.3, -0.25) is 9.67 Å². The molecule has 2 aromatic carbocycles. The summed E-state index contributed by atoms with van der Waals surface area (Å²) in [6.45, 7) is 1.83. The van der Waals surface area contributed by atoms with E-state index in [2.05, 4.69) is 32.9 Å². The van der Waals surface area contributed by atoms with Gasteiger partial charge in [0, 0.05) is 32.5 Å². The summed E-state index contributed by atoms with van der Waals surface area (Å²) in [5, 5.41) is 10.7. The summed E-state index contributed by atoms with van der Waals surface area (Å²) < 4.78 is 26.6. The van der Waals surface area contributed by atoms with Gasteiger partial charge in [-0.05, 0) is 35.7 Å². The third-order valence-corrected chi connectivity index (χ3v) is 6.48. The second-order valence-corrected chi connectivity index (χ2v) is 8.92. The van der Waals surface area contributed by atoms with Gasteiger partial charge < -0.3 is 10.6 Å². The Hall–Kier alpha value is -2.40. The first-order chi connectivity index (χ1) is 14.6. The molecule has 9 heteroatoms. The van der Waals surface area contributed by atoms with Gasteiger partial charge in [-0.25, -0.2) is 8.42 Å². The highest BCUT2D eigenvalue weighted by Gasteiger charge is 2.13. The fraction of sp³-hybridized carbons (Fsp3) is 0.273. The molecule has 0 saturated carbocycles. The Labute approximate surface area is 200 Å². The molecule has 31 heavy (non-hydrogen) atoms. The van der Waals surface area contributed by atoms with E-state index in [1.807, 2.05) is 35.1 Å². The second kappa shape index (κ2) is 12.5. The maximum atomic E-state index is 12.3. The number of guanidine groups is 1. The molecule has 2 N–H and O–H groups in total. The Bertz CT molecular complexity index is 1050. The Morgan fingerprint density at radius 1 is 1.00 bits per heavy atom. The lowest BCUT2D eigenvalue weighted by Gasteiger charge is -2.14. The molecule has 7 nitrogen and oxygen atoms in total.